The Kier molecular flexibility index (Phi) is 6.37. The molecule has 0 radical (unpaired) electrons. The summed E-state index contributed by atoms with van der Waals surface area (Å²) < 4.78 is 0. The highest BCUT2D eigenvalue weighted by Gasteiger charge is 2.41. The minimum Gasteiger partial charge on any atom is -0.375 e. The van der Waals surface area contributed by atoms with Gasteiger partial charge in [-0.3, -0.25) is 19.3 Å². The van der Waals surface area contributed by atoms with Crippen molar-refractivity contribution < 1.29 is 14.4 Å². The molecule has 160 valence electrons. The van der Waals surface area contributed by atoms with E-state index >= 15 is 0 Å². The topological polar surface area (TPSA) is 78.5 Å². The van der Waals surface area contributed by atoms with E-state index < -0.39 is 5.91 Å². The standard InChI is InChI=1S/C24H24ClN3O3/c25-20-21(24(31)28(23(20)30)19-9-5-2-6-10-19)26-15-16-11-13-17(14-12-16)22(29)27-18-7-3-1-4-8-18/h1,3-4,7-8,11-14,19,26H,2,5-6,9-10,15H2,(H,27,29). The summed E-state index contributed by atoms with van der Waals surface area (Å²) in [6, 6.07) is 16.2. The van der Waals surface area contributed by atoms with Crippen LogP contribution in [0.2, 0.25) is 0 Å². The number of carbonyl (C=O) groups is 3. The molecule has 1 aliphatic carbocycles. The molecule has 31 heavy (non-hydrogen) atoms. The summed E-state index contributed by atoms with van der Waals surface area (Å²) in [6.45, 7) is 0.323. The van der Waals surface area contributed by atoms with E-state index in [1.807, 2.05) is 42.5 Å². The lowest BCUT2D eigenvalue weighted by molar-refractivity contribution is -0.140. The zero-order valence-electron chi connectivity index (χ0n) is 17.1. The van der Waals surface area contributed by atoms with Crippen molar-refractivity contribution in [2.45, 2.75) is 44.7 Å². The molecule has 2 aliphatic rings. The Morgan fingerprint density at radius 1 is 0.935 bits per heavy atom. The van der Waals surface area contributed by atoms with Crippen LogP contribution >= 0.6 is 11.6 Å². The summed E-state index contributed by atoms with van der Waals surface area (Å²) in [5.74, 6) is -0.953. The second-order valence-corrected chi connectivity index (χ2v) is 8.21. The molecule has 0 saturated heterocycles. The van der Waals surface area contributed by atoms with Gasteiger partial charge in [-0.15, -0.1) is 0 Å². The minimum absolute atomic E-state index is 0.0468. The number of nitrogens with zero attached hydrogens (tertiary/aromatic N) is 1. The van der Waals surface area contributed by atoms with Crippen molar-refractivity contribution in [2.24, 2.45) is 0 Å². The molecule has 1 aliphatic heterocycles. The lowest BCUT2D eigenvalue weighted by atomic mass is 9.94. The van der Waals surface area contributed by atoms with Crippen LogP contribution in [0.5, 0.6) is 0 Å². The molecule has 6 nitrogen and oxygen atoms in total. The van der Waals surface area contributed by atoms with Gasteiger partial charge in [-0.25, -0.2) is 0 Å². The fourth-order valence-electron chi connectivity index (χ4n) is 4.03. The number of para-hydroxylation sites is 1. The Bertz CT molecular complexity index is 1010. The van der Waals surface area contributed by atoms with Crippen LogP contribution in [0.25, 0.3) is 0 Å². The van der Waals surface area contributed by atoms with E-state index in [1.54, 1.807) is 12.1 Å². The smallest absolute Gasteiger partial charge is 0.278 e. The number of amides is 3. The molecule has 2 N–H and O–H groups in total. The normalized spacial score (nSPS) is 17.3. The van der Waals surface area contributed by atoms with Gasteiger partial charge in [0.25, 0.3) is 17.7 Å². The average molecular weight is 438 g/mol. The summed E-state index contributed by atoms with van der Waals surface area (Å²) in [5.41, 5.74) is 2.28. The number of nitrogens with one attached hydrogen (secondary N) is 2. The molecule has 1 fully saturated rings. The predicted octanol–water partition coefficient (Wildman–Crippen LogP) is 4.18. The van der Waals surface area contributed by atoms with E-state index in [1.165, 1.54) is 4.90 Å². The molecule has 0 spiro atoms. The summed E-state index contributed by atoms with van der Waals surface area (Å²) in [5, 5.41) is 5.81. The van der Waals surface area contributed by atoms with Gasteiger partial charge in [-0.2, -0.15) is 0 Å². The first-order chi connectivity index (χ1) is 15.0. The third-order valence-electron chi connectivity index (χ3n) is 5.72. The Morgan fingerprint density at radius 2 is 1.61 bits per heavy atom. The molecule has 2 aromatic carbocycles. The fraction of sp³-hybridized carbons (Fsp3) is 0.292. The quantitative estimate of drug-likeness (QED) is 0.664. The maximum absolute atomic E-state index is 12.8. The number of benzene rings is 2. The first-order valence-electron chi connectivity index (χ1n) is 10.5. The molecule has 7 heteroatoms. The number of carbonyl (C=O) groups excluding carboxylic acids is 3. The highest BCUT2D eigenvalue weighted by molar-refractivity contribution is 6.47. The molecule has 1 saturated carbocycles. The molecule has 0 aromatic heterocycles. The Balaban J connectivity index is 1.37. The first-order valence-corrected chi connectivity index (χ1v) is 10.9. The van der Waals surface area contributed by atoms with Crippen molar-refractivity contribution in [3.05, 3.63) is 76.5 Å². The van der Waals surface area contributed by atoms with Crippen LogP contribution in [0.1, 0.15) is 48.0 Å². The minimum atomic E-state index is -0.408. The van der Waals surface area contributed by atoms with Gasteiger partial charge in [0.1, 0.15) is 10.7 Å². The van der Waals surface area contributed by atoms with Crippen LogP contribution in [-0.4, -0.2) is 28.7 Å². The zero-order valence-corrected chi connectivity index (χ0v) is 17.8. The molecule has 0 bridgehead atoms. The van der Waals surface area contributed by atoms with E-state index in [2.05, 4.69) is 10.6 Å². The van der Waals surface area contributed by atoms with E-state index in [-0.39, 0.29) is 28.6 Å². The second-order valence-electron chi connectivity index (χ2n) is 7.83. The number of anilines is 1. The summed E-state index contributed by atoms with van der Waals surface area (Å²) in [4.78, 5) is 39.0. The maximum atomic E-state index is 12.8. The van der Waals surface area contributed by atoms with Gasteiger partial charge in [-0.05, 0) is 42.7 Å². The van der Waals surface area contributed by atoms with Gasteiger partial charge < -0.3 is 10.6 Å². The van der Waals surface area contributed by atoms with E-state index in [9.17, 15) is 14.4 Å². The van der Waals surface area contributed by atoms with Crippen molar-refractivity contribution in [1.82, 2.24) is 10.2 Å². The summed E-state index contributed by atoms with van der Waals surface area (Å²) >= 11 is 6.20. The van der Waals surface area contributed by atoms with Crippen molar-refractivity contribution in [1.29, 1.82) is 0 Å². The first kappa shape index (κ1) is 21.1. The van der Waals surface area contributed by atoms with Crippen molar-refractivity contribution in [2.75, 3.05) is 5.32 Å². The molecule has 3 amide bonds. The fourth-order valence-corrected chi connectivity index (χ4v) is 4.27. The number of halogens is 1. The van der Waals surface area contributed by atoms with Crippen molar-refractivity contribution in [3.8, 4) is 0 Å². The van der Waals surface area contributed by atoms with Gasteiger partial charge in [0.05, 0.1) is 0 Å². The molecule has 2 aromatic rings. The molecular weight excluding hydrogens is 414 g/mol. The molecule has 0 atom stereocenters. The second kappa shape index (κ2) is 9.35. The molecule has 4 rings (SSSR count). The summed E-state index contributed by atoms with van der Waals surface area (Å²) in [7, 11) is 0. The van der Waals surface area contributed by atoms with E-state index in [4.69, 9.17) is 11.6 Å². The zero-order chi connectivity index (χ0) is 21.8. The highest BCUT2D eigenvalue weighted by Crippen LogP contribution is 2.30. The largest absolute Gasteiger partial charge is 0.375 e. The molecular formula is C24H24ClN3O3. The molecule has 0 unspecified atom stereocenters. The average Bonchev–Trinajstić information content (AvgIpc) is 3.01. The Labute approximate surface area is 186 Å². The highest BCUT2D eigenvalue weighted by atomic mass is 35.5. The van der Waals surface area contributed by atoms with Gasteiger partial charge in [0, 0.05) is 23.8 Å². The molecule has 1 heterocycles. The van der Waals surface area contributed by atoms with Crippen LogP contribution in [0.15, 0.2) is 65.3 Å². The van der Waals surface area contributed by atoms with Gasteiger partial charge in [0.15, 0.2) is 0 Å². The van der Waals surface area contributed by atoms with Crippen LogP contribution in [0.4, 0.5) is 5.69 Å². The van der Waals surface area contributed by atoms with Crippen LogP contribution in [0, 0.1) is 0 Å². The van der Waals surface area contributed by atoms with Gasteiger partial charge in [0.2, 0.25) is 0 Å². The summed E-state index contributed by atoms with van der Waals surface area (Å²) in [6.07, 6.45) is 4.85. The number of imide groups is 1. The van der Waals surface area contributed by atoms with Crippen molar-refractivity contribution >= 4 is 35.0 Å². The third-order valence-corrected chi connectivity index (χ3v) is 6.07. The van der Waals surface area contributed by atoms with E-state index in [0.717, 1.165) is 43.4 Å². The number of hydrogen-bond acceptors (Lipinski definition) is 4. The van der Waals surface area contributed by atoms with Crippen LogP contribution in [-0.2, 0) is 16.1 Å². The van der Waals surface area contributed by atoms with Crippen LogP contribution in [0.3, 0.4) is 0 Å². The van der Waals surface area contributed by atoms with Gasteiger partial charge >= 0.3 is 0 Å². The third kappa shape index (κ3) is 4.64. The Morgan fingerprint density at radius 3 is 2.29 bits per heavy atom. The number of hydrogen-bond donors (Lipinski definition) is 2. The Hall–Kier alpha value is -3.12. The lowest BCUT2D eigenvalue weighted by Gasteiger charge is -2.29. The van der Waals surface area contributed by atoms with Crippen LogP contribution < -0.4 is 10.6 Å². The lowest BCUT2D eigenvalue weighted by Crippen LogP contribution is -2.43. The monoisotopic (exact) mass is 437 g/mol. The maximum Gasteiger partial charge on any atom is 0.278 e. The number of rotatable bonds is 6. The van der Waals surface area contributed by atoms with Crippen molar-refractivity contribution in [3.63, 3.8) is 0 Å². The van der Waals surface area contributed by atoms with Gasteiger partial charge in [-0.1, -0.05) is 61.2 Å². The predicted molar refractivity (Wildman–Crippen MR) is 119 cm³/mol. The SMILES string of the molecule is O=C(Nc1ccccc1)c1ccc(CNC2=C(Cl)C(=O)N(C3CCCCC3)C2=O)cc1. The van der Waals surface area contributed by atoms with E-state index in [0.29, 0.717) is 12.1 Å².